The second-order valence-electron chi connectivity index (χ2n) is 5.73. The van der Waals surface area contributed by atoms with Gasteiger partial charge >= 0.3 is 6.03 Å². The molecule has 6 nitrogen and oxygen atoms in total. The monoisotopic (exact) mass is 386 g/mol. The molecule has 0 saturated carbocycles. The Morgan fingerprint density at radius 3 is 2.48 bits per heavy atom. The van der Waals surface area contributed by atoms with Gasteiger partial charge in [-0.3, -0.25) is 4.90 Å². The van der Waals surface area contributed by atoms with Gasteiger partial charge in [-0.05, 0) is 55.5 Å². The summed E-state index contributed by atoms with van der Waals surface area (Å²) in [6, 6.07) is 14.0. The fourth-order valence-electron chi connectivity index (χ4n) is 2.20. The minimum Gasteiger partial charge on any atom is -0.438 e. The molecule has 0 bridgehead atoms. The average Bonchev–Trinajstić information content (AvgIpc) is 2.66. The first-order chi connectivity index (χ1) is 12.9. The molecule has 0 unspecified atom stereocenters. The summed E-state index contributed by atoms with van der Waals surface area (Å²) in [5.74, 6) is 0.403. The molecule has 8 heteroatoms. The molecule has 0 fully saturated rings. The van der Waals surface area contributed by atoms with Crippen LogP contribution in [0.1, 0.15) is 5.69 Å². The van der Waals surface area contributed by atoms with E-state index in [2.05, 4.69) is 15.5 Å². The van der Waals surface area contributed by atoms with Crippen molar-refractivity contribution >= 4 is 29.0 Å². The number of nitrogens with zero attached hydrogens (tertiary/aromatic N) is 3. The molecule has 27 heavy (non-hydrogen) atoms. The van der Waals surface area contributed by atoms with Crippen LogP contribution in [0.15, 0.2) is 54.6 Å². The van der Waals surface area contributed by atoms with Crippen molar-refractivity contribution in [3.8, 4) is 11.6 Å². The first-order valence-corrected chi connectivity index (χ1v) is 8.38. The van der Waals surface area contributed by atoms with E-state index in [9.17, 15) is 9.18 Å². The van der Waals surface area contributed by atoms with Crippen LogP contribution < -0.4 is 15.0 Å². The van der Waals surface area contributed by atoms with E-state index in [1.165, 1.54) is 23.1 Å². The van der Waals surface area contributed by atoms with Crippen LogP contribution in [-0.2, 0) is 0 Å². The van der Waals surface area contributed by atoms with E-state index in [0.29, 0.717) is 23.0 Å². The number of ether oxygens (including phenoxy) is 1. The Morgan fingerprint density at radius 1 is 1.11 bits per heavy atom. The third kappa shape index (κ3) is 4.71. The van der Waals surface area contributed by atoms with Gasteiger partial charge in [-0.2, -0.15) is 5.10 Å². The number of hydrogen-bond donors (Lipinski definition) is 1. The molecule has 138 valence electrons. The molecule has 0 spiro atoms. The summed E-state index contributed by atoms with van der Waals surface area (Å²) in [5, 5.41) is 10.5. The molecule has 2 aromatic carbocycles. The Bertz CT molecular complexity index is 949. The zero-order chi connectivity index (χ0) is 19.4. The molecular formula is C19H16ClFN4O2. The van der Waals surface area contributed by atoms with Crippen molar-refractivity contribution in [2.24, 2.45) is 0 Å². The number of amides is 2. The van der Waals surface area contributed by atoms with E-state index >= 15 is 0 Å². The highest BCUT2D eigenvalue weighted by Crippen LogP contribution is 2.24. The van der Waals surface area contributed by atoms with Crippen LogP contribution in [0.4, 0.5) is 20.6 Å². The van der Waals surface area contributed by atoms with Crippen molar-refractivity contribution in [3.63, 3.8) is 0 Å². The molecule has 0 aliphatic heterocycles. The highest BCUT2D eigenvalue weighted by molar-refractivity contribution is 6.31. The number of halogens is 2. The SMILES string of the molecule is Cc1ccc(Oc2ccc(N(C)C(=O)Nc3ccc(F)c(Cl)c3)cc2)nn1. The highest BCUT2D eigenvalue weighted by Gasteiger charge is 2.12. The summed E-state index contributed by atoms with van der Waals surface area (Å²) < 4.78 is 18.8. The van der Waals surface area contributed by atoms with Crippen LogP contribution in [0, 0.1) is 12.7 Å². The van der Waals surface area contributed by atoms with Gasteiger partial charge in [0.1, 0.15) is 11.6 Å². The lowest BCUT2D eigenvalue weighted by Gasteiger charge is -2.18. The van der Waals surface area contributed by atoms with Gasteiger partial charge in [0.15, 0.2) is 0 Å². The number of hydrogen-bond acceptors (Lipinski definition) is 4. The van der Waals surface area contributed by atoms with Gasteiger partial charge < -0.3 is 10.1 Å². The smallest absolute Gasteiger partial charge is 0.326 e. The lowest BCUT2D eigenvalue weighted by molar-refractivity contribution is 0.258. The second-order valence-corrected chi connectivity index (χ2v) is 6.13. The maximum atomic E-state index is 13.2. The fourth-order valence-corrected chi connectivity index (χ4v) is 2.38. The lowest BCUT2D eigenvalue weighted by atomic mass is 10.3. The molecule has 1 heterocycles. The Balaban J connectivity index is 1.65. The molecule has 1 aromatic heterocycles. The molecule has 3 rings (SSSR count). The predicted molar refractivity (Wildman–Crippen MR) is 102 cm³/mol. The molecule has 0 aliphatic rings. The van der Waals surface area contributed by atoms with E-state index in [1.807, 2.05) is 6.92 Å². The zero-order valence-corrected chi connectivity index (χ0v) is 15.4. The molecule has 1 N–H and O–H groups in total. The summed E-state index contributed by atoms with van der Waals surface area (Å²) in [5.41, 5.74) is 1.84. The van der Waals surface area contributed by atoms with Crippen LogP contribution in [-0.4, -0.2) is 23.3 Å². The maximum absolute atomic E-state index is 13.2. The Kier molecular flexibility index (Phi) is 5.52. The first-order valence-electron chi connectivity index (χ1n) is 8.00. The number of carbonyl (C=O) groups is 1. The summed E-state index contributed by atoms with van der Waals surface area (Å²) in [6.07, 6.45) is 0. The summed E-state index contributed by atoms with van der Waals surface area (Å²) in [6.45, 7) is 1.84. The summed E-state index contributed by atoms with van der Waals surface area (Å²) in [7, 11) is 1.61. The number of carbonyl (C=O) groups excluding carboxylic acids is 1. The van der Waals surface area contributed by atoms with Gasteiger partial charge in [-0.15, -0.1) is 5.10 Å². The zero-order valence-electron chi connectivity index (χ0n) is 14.6. The predicted octanol–water partition coefficient (Wildman–Crippen LogP) is 5.04. The quantitative estimate of drug-likeness (QED) is 0.682. The second kappa shape index (κ2) is 8.01. The number of nitrogens with one attached hydrogen (secondary N) is 1. The van der Waals surface area contributed by atoms with Crippen molar-refractivity contribution in [2.75, 3.05) is 17.3 Å². The molecule has 0 radical (unpaired) electrons. The Morgan fingerprint density at radius 2 is 1.85 bits per heavy atom. The number of benzene rings is 2. The summed E-state index contributed by atoms with van der Waals surface area (Å²) >= 11 is 5.72. The summed E-state index contributed by atoms with van der Waals surface area (Å²) in [4.78, 5) is 13.8. The van der Waals surface area contributed by atoms with E-state index in [4.69, 9.17) is 16.3 Å². The minimum absolute atomic E-state index is 0.0591. The van der Waals surface area contributed by atoms with Crippen molar-refractivity contribution < 1.29 is 13.9 Å². The Labute approximate surface area is 160 Å². The maximum Gasteiger partial charge on any atom is 0.326 e. The molecule has 2 amide bonds. The highest BCUT2D eigenvalue weighted by atomic mass is 35.5. The van der Waals surface area contributed by atoms with Crippen molar-refractivity contribution in [2.45, 2.75) is 6.92 Å². The molecule has 0 aliphatic carbocycles. The topological polar surface area (TPSA) is 67.3 Å². The van der Waals surface area contributed by atoms with Gasteiger partial charge in [-0.1, -0.05) is 11.6 Å². The molecule has 0 saturated heterocycles. The van der Waals surface area contributed by atoms with Crippen LogP contribution in [0.25, 0.3) is 0 Å². The van der Waals surface area contributed by atoms with Crippen LogP contribution >= 0.6 is 11.6 Å². The van der Waals surface area contributed by atoms with Crippen molar-refractivity contribution in [3.05, 3.63) is 71.1 Å². The largest absolute Gasteiger partial charge is 0.438 e. The number of urea groups is 1. The number of aromatic nitrogens is 2. The third-order valence-corrected chi connectivity index (χ3v) is 3.99. The van der Waals surface area contributed by atoms with Crippen LogP contribution in [0.3, 0.4) is 0 Å². The number of anilines is 2. The van der Waals surface area contributed by atoms with Crippen LogP contribution in [0.2, 0.25) is 5.02 Å². The van der Waals surface area contributed by atoms with Gasteiger partial charge in [0.25, 0.3) is 0 Å². The van der Waals surface area contributed by atoms with Crippen LogP contribution in [0.5, 0.6) is 11.6 Å². The molecule has 0 atom stereocenters. The number of rotatable bonds is 4. The van der Waals surface area contributed by atoms with Gasteiger partial charge in [-0.25, -0.2) is 9.18 Å². The van der Waals surface area contributed by atoms with E-state index in [0.717, 1.165) is 5.69 Å². The van der Waals surface area contributed by atoms with Gasteiger partial charge in [0.2, 0.25) is 5.88 Å². The lowest BCUT2D eigenvalue weighted by Crippen LogP contribution is -2.31. The molecule has 3 aromatic rings. The van der Waals surface area contributed by atoms with E-state index in [-0.39, 0.29) is 5.02 Å². The average molecular weight is 387 g/mol. The van der Waals surface area contributed by atoms with Crippen molar-refractivity contribution in [1.82, 2.24) is 10.2 Å². The van der Waals surface area contributed by atoms with Gasteiger partial charge in [0, 0.05) is 24.5 Å². The normalized spacial score (nSPS) is 10.4. The number of aryl methyl sites for hydroxylation is 1. The molecular weight excluding hydrogens is 371 g/mol. The Hall–Kier alpha value is -3.19. The van der Waals surface area contributed by atoms with E-state index in [1.54, 1.807) is 43.4 Å². The van der Waals surface area contributed by atoms with Gasteiger partial charge in [0.05, 0.1) is 10.7 Å². The third-order valence-electron chi connectivity index (χ3n) is 3.70. The first kappa shape index (κ1) is 18.6. The minimum atomic E-state index is -0.545. The fraction of sp³-hybridized carbons (Fsp3) is 0.105. The standard InChI is InChI=1S/C19H16ClFN4O2/c1-12-3-10-18(24-23-12)27-15-7-5-14(6-8-15)25(2)19(26)22-13-4-9-17(21)16(20)11-13/h3-11H,1-2H3,(H,22,26). The van der Waals surface area contributed by atoms with Crippen molar-refractivity contribution in [1.29, 1.82) is 0 Å². The van der Waals surface area contributed by atoms with E-state index < -0.39 is 11.8 Å².